The predicted molar refractivity (Wildman–Crippen MR) is 51.1 cm³/mol. The fraction of sp³-hybridized carbons (Fsp3) is 1.00. The van der Waals surface area contributed by atoms with Gasteiger partial charge in [-0.1, -0.05) is 6.92 Å². The van der Waals surface area contributed by atoms with E-state index in [4.69, 9.17) is 0 Å². The topological polar surface area (TPSA) is 23.5 Å². The number of likely N-dealkylation sites (tertiary alicyclic amines) is 1. The maximum Gasteiger partial charge on any atom is 0.0592 e. The third kappa shape index (κ3) is 2.20. The fourth-order valence-corrected chi connectivity index (χ4v) is 1.92. The summed E-state index contributed by atoms with van der Waals surface area (Å²) in [5.74, 6) is 0.501. The molecule has 2 unspecified atom stereocenters. The van der Waals surface area contributed by atoms with E-state index >= 15 is 0 Å². The Hall–Kier alpha value is -0.0800. The van der Waals surface area contributed by atoms with Crippen molar-refractivity contribution in [1.29, 1.82) is 0 Å². The highest BCUT2D eigenvalue weighted by molar-refractivity contribution is 4.80. The number of aliphatic hydroxyl groups excluding tert-OH is 1. The largest absolute Gasteiger partial charge is 0.393 e. The molecule has 0 radical (unpaired) electrons. The standard InChI is InChI=1S/C10H21NO/c1-4-9-7-11(8(2)3)6-5-10(9)12/h8-10,12H,4-7H2,1-3H3. The van der Waals surface area contributed by atoms with Crippen LogP contribution in [0.3, 0.4) is 0 Å². The molecule has 1 heterocycles. The zero-order valence-electron chi connectivity index (χ0n) is 8.45. The summed E-state index contributed by atoms with van der Waals surface area (Å²) >= 11 is 0. The summed E-state index contributed by atoms with van der Waals surface area (Å²) in [4.78, 5) is 2.46. The van der Waals surface area contributed by atoms with Gasteiger partial charge in [0.25, 0.3) is 0 Å². The molecule has 12 heavy (non-hydrogen) atoms. The van der Waals surface area contributed by atoms with Crippen molar-refractivity contribution in [2.75, 3.05) is 13.1 Å². The molecule has 0 aromatic carbocycles. The molecule has 2 nitrogen and oxygen atoms in total. The maximum absolute atomic E-state index is 9.64. The zero-order chi connectivity index (χ0) is 9.14. The van der Waals surface area contributed by atoms with Gasteiger partial charge in [0.2, 0.25) is 0 Å². The van der Waals surface area contributed by atoms with Gasteiger partial charge in [-0.3, -0.25) is 0 Å². The van der Waals surface area contributed by atoms with Crippen molar-refractivity contribution in [2.45, 2.75) is 45.8 Å². The molecule has 72 valence electrons. The van der Waals surface area contributed by atoms with Gasteiger partial charge < -0.3 is 10.0 Å². The number of hydrogen-bond acceptors (Lipinski definition) is 2. The van der Waals surface area contributed by atoms with Crippen molar-refractivity contribution in [2.24, 2.45) is 5.92 Å². The lowest BCUT2D eigenvalue weighted by atomic mass is 9.92. The van der Waals surface area contributed by atoms with Gasteiger partial charge in [-0.15, -0.1) is 0 Å². The Bertz CT molecular complexity index is 136. The minimum absolute atomic E-state index is 0.0509. The van der Waals surface area contributed by atoms with Gasteiger partial charge in [0.1, 0.15) is 0 Å². The molecule has 1 N–H and O–H groups in total. The Morgan fingerprint density at radius 1 is 1.50 bits per heavy atom. The number of aliphatic hydroxyl groups is 1. The predicted octanol–water partition coefficient (Wildman–Crippen LogP) is 1.49. The molecule has 0 saturated carbocycles. The molecule has 0 aromatic rings. The molecule has 1 aliphatic heterocycles. The van der Waals surface area contributed by atoms with Gasteiger partial charge >= 0.3 is 0 Å². The molecule has 2 atom stereocenters. The summed E-state index contributed by atoms with van der Waals surface area (Å²) in [6, 6.07) is 0.631. The molecule has 2 heteroatoms. The Morgan fingerprint density at radius 3 is 2.67 bits per heavy atom. The van der Waals surface area contributed by atoms with Crippen molar-refractivity contribution >= 4 is 0 Å². The summed E-state index contributed by atoms with van der Waals surface area (Å²) in [5.41, 5.74) is 0. The Kier molecular flexibility index (Phi) is 3.53. The fourth-order valence-electron chi connectivity index (χ4n) is 1.92. The van der Waals surface area contributed by atoms with Crippen LogP contribution < -0.4 is 0 Å². The Morgan fingerprint density at radius 2 is 2.17 bits per heavy atom. The molecule has 1 saturated heterocycles. The van der Waals surface area contributed by atoms with E-state index in [1.54, 1.807) is 0 Å². The lowest BCUT2D eigenvalue weighted by molar-refractivity contribution is 0.0140. The van der Waals surface area contributed by atoms with Crippen LogP contribution in [0.1, 0.15) is 33.6 Å². The first-order chi connectivity index (χ1) is 5.65. The van der Waals surface area contributed by atoms with Gasteiger partial charge in [0, 0.05) is 19.1 Å². The quantitative estimate of drug-likeness (QED) is 0.680. The highest BCUT2D eigenvalue weighted by Crippen LogP contribution is 2.21. The summed E-state index contributed by atoms with van der Waals surface area (Å²) < 4.78 is 0. The maximum atomic E-state index is 9.64. The van der Waals surface area contributed by atoms with Crippen molar-refractivity contribution in [3.05, 3.63) is 0 Å². The van der Waals surface area contributed by atoms with E-state index in [1.165, 1.54) is 0 Å². The van der Waals surface area contributed by atoms with Gasteiger partial charge in [-0.2, -0.15) is 0 Å². The summed E-state index contributed by atoms with van der Waals surface area (Å²) in [5, 5.41) is 9.64. The van der Waals surface area contributed by atoms with Crippen LogP contribution in [0.25, 0.3) is 0 Å². The number of piperidine rings is 1. The normalized spacial score (nSPS) is 32.8. The van der Waals surface area contributed by atoms with Crippen LogP contribution in [-0.4, -0.2) is 35.2 Å². The first kappa shape index (κ1) is 10.0. The summed E-state index contributed by atoms with van der Waals surface area (Å²) in [7, 11) is 0. The van der Waals surface area contributed by atoms with Crippen LogP contribution in [0.4, 0.5) is 0 Å². The Labute approximate surface area is 75.6 Å². The van der Waals surface area contributed by atoms with Gasteiger partial charge in [-0.25, -0.2) is 0 Å². The smallest absolute Gasteiger partial charge is 0.0592 e. The van der Waals surface area contributed by atoms with E-state index in [2.05, 4.69) is 25.7 Å². The van der Waals surface area contributed by atoms with Gasteiger partial charge in [0.05, 0.1) is 6.10 Å². The van der Waals surface area contributed by atoms with Crippen molar-refractivity contribution in [3.63, 3.8) is 0 Å². The van der Waals surface area contributed by atoms with Crippen LogP contribution in [0.15, 0.2) is 0 Å². The minimum Gasteiger partial charge on any atom is -0.393 e. The SMILES string of the molecule is CCC1CN(C(C)C)CCC1O. The van der Waals surface area contributed by atoms with Gasteiger partial charge in [0.15, 0.2) is 0 Å². The molecule has 1 fully saturated rings. The second-order valence-electron chi connectivity index (χ2n) is 4.11. The average Bonchev–Trinajstić information content (AvgIpc) is 2.05. The summed E-state index contributed by atoms with van der Waals surface area (Å²) in [6.07, 6.45) is 2.01. The van der Waals surface area contributed by atoms with Crippen molar-refractivity contribution < 1.29 is 5.11 Å². The molecule has 0 spiro atoms. The number of nitrogens with zero attached hydrogens (tertiary/aromatic N) is 1. The lowest BCUT2D eigenvalue weighted by Gasteiger charge is -2.38. The third-order valence-corrected chi connectivity index (χ3v) is 2.98. The van der Waals surface area contributed by atoms with Crippen molar-refractivity contribution in [3.8, 4) is 0 Å². The van der Waals surface area contributed by atoms with Crippen LogP contribution in [-0.2, 0) is 0 Å². The number of rotatable bonds is 2. The first-order valence-electron chi connectivity index (χ1n) is 5.07. The average molecular weight is 171 g/mol. The molecule has 1 rings (SSSR count). The first-order valence-corrected chi connectivity index (χ1v) is 5.07. The molecule has 0 amide bonds. The minimum atomic E-state index is -0.0509. The van der Waals surface area contributed by atoms with E-state index in [0.29, 0.717) is 12.0 Å². The second kappa shape index (κ2) is 4.24. The van der Waals surface area contributed by atoms with Crippen LogP contribution in [0, 0.1) is 5.92 Å². The monoisotopic (exact) mass is 171 g/mol. The Balaban J connectivity index is 2.44. The molecule has 0 aliphatic carbocycles. The van der Waals surface area contributed by atoms with E-state index in [1.807, 2.05) is 0 Å². The van der Waals surface area contributed by atoms with E-state index < -0.39 is 0 Å². The van der Waals surface area contributed by atoms with E-state index in [9.17, 15) is 5.11 Å². The third-order valence-electron chi connectivity index (χ3n) is 2.98. The molecular weight excluding hydrogens is 150 g/mol. The van der Waals surface area contributed by atoms with Gasteiger partial charge in [-0.05, 0) is 32.6 Å². The molecule has 0 bridgehead atoms. The highest BCUT2D eigenvalue weighted by Gasteiger charge is 2.27. The van der Waals surface area contributed by atoms with E-state index in [0.717, 1.165) is 25.9 Å². The molecule has 1 aliphatic rings. The van der Waals surface area contributed by atoms with Crippen LogP contribution in [0.5, 0.6) is 0 Å². The van der Waals surface area contributed by atoms with E-state index in [-0.39, 0.29) is 6.10 Å². The summed E-state index contributed by atoms with van der Waals surface area (Å²) in [6.45, 7) is 8.76. The van der Waals surface area contributed by atoms with Crippen LogP contribution in [0.2, 0.25) is 0 Å². The number of hydrogen-bond donors (Lipinski definition) is 1. The zero-order valence-corrected chi connectivity index (χ0v) is 8.45. The van der Waals surface area contributed by atoms with Crippen molar-refractivity contribution in [1.82, 2.24) is 4.90 Å². The second-order valence-corrected chi connectivity index (χ2v) is 4.11. The van der Waals surface area contributed by atoms with Crippen LogP contribution >= 0.6 is 0 Å². The highest BCUT2D eigenvalue weighted by atomic mass is 16.3. The lowest BCUT2D eigenvalue weighted by Crippen LogP contribution is -2.45. The molecular formula is C10H21NO. The molecule has 0 aromatic heterocycles.